The van der Waals surface area contributed by atoms with Crippen LogP contribution < -0.4 is 0 Å². The molecule has 0 unspecified atom stereocenters. The molecule has 0 aliphatic heterocycles. The van der Waals surface area contributed by atoms with E-state index in [9.17, 15) is 0 Å². The molecule has 12 heavy (non-hydrogen) atoms. The number of hydrogen-bond donors (Lipinski definition) is 0. The highest BCUT2D eigenvalue weighted by atomic mass is 14.7. The molecular formula is C11H19N. The molecule has 68 valence electrons. The fourth-order valence-electron chi connectivity index (χ4n) is 1.24. The van der Waals surface area contributed by atoms with Crippen molar-refractivity contribution in [3.05, 3.63) is 28.1 Å². The van der Waals surface area contributed by atoms with Crippen LogP contribution >= 0.6 is 0 Å². The van der Waals surface area contributed by atoms with E-state index < -0.39 is 0 Å². The third kappa shape index (κ3) is 1.66. The number of hydrogen-bond acceptors (Lipinski definition) is 1. The van der Waals surface area contributed by atoms with Crippen molar-refractivity contribution in [2.45, 2.75) is 42.0 Å². The van der Waals surface area contributed by atoms with Gasteiger partial charge >= 0.3 is 0 Å². The minimum absolute atomic E-state index is 0. The first-order valence-corrected chi connectivity index (χ1v) is 3.95. The molecule has 0 aliphatic rings. The summed E-state index contributed by atoms with van der Waals surface area (Å²) in [6, 6.07) is 0. The van der Waals surface area contributed by atoms with Crippen LogP contribution in [0.4, 0.5) is 0 Å². The fraction of sp³-hybridized carbons (Fsp3) is 0.545. The van der Waals surface area contributed by atoms with E-state index in [1.54, 1.807) is 0 Å². The molecular weight excluding hydrogens is 146 g/mol. The molecule has 1 rings (SSSR count). The largest absolute Gasteiger partial charge is 0.258 e. The SMILES string of the molecule is C.Cc1nc(C)c(C)c(C)c1C. The fourth-order valence-corrected chi connectivity index (χ4v) is 1.24. The molecule has 1 heteroatoms. The molecule has 1 aromatic heterocycles. The van der Waals surface area contributed by atoms with Crippen molar-refractivity contribution in [3.63, 3.8) is 0 Å². The van der Waals surface area contributed by atoms with Gasteiger partial charge in [0.2, 0.25) is 0 Å². The number of aromatic nitrogens is 1. The Bertz CT molecular complexity index is 261. The second-order valence-electron chi connectivity index (χ2n) is 3.16. The maximum Gasteiger partial charge on any atom is 0.0407 e. The maximum absolute atomic E-state index is 4.43. The van der Waals surface area contributed by atoms with E-state index in [2.05, 4.69) is 39.6 Å². The number of nitrogens with zero attached hydrogens (tertiary/aromatic N) is 1. The zero-order chi connectivity index (χ0) is 8.59. The van der Waals surface area contributed by atoms with Gasteiger partial charge in [-0.2, -0.15) is 0 Å². The molecule has 1 nitrogen and oxygen atoms in total. The van der Waals surface area contributed by atoms with Gasteiger partial charge in [0.15, 0.2) is 0 Å². The number of rotatable bonds is 0. The smallest absolute Gasteiger partial charge is 0.0407 e. The molecule has 0 spiro atoms. The van der Waals surface area contributed by atoms with E-state index in [0.717, 1.165) is 11.4 Å². The zero-order valence-corrected chi connectivity index (χ0v) is 7.95. The van der Waals surface area contributed by atoms with Crippen LogP contribution in [0.3, 0.4) is 0 Å². The summed E-state index contributed by atoms with van der Waals surface area (Å²) < 4.78 is 0. The van der Waals surface area contributed by atoms with Gasteiger partial charge in [-0.15, -0.1) is 0 Å². The Morgan fingerprint density at radius 2 is 1.00 bits per heavy atom. The van der Waals surface area contributed by atoms with Crippen molar-refractivity contribution in [1.29, 1.82) is 0 Å². The third-order valence-electron chi connectivity index (χ3n) is 2.55. The molecule has 0 bridgehead atoms. The lowest BCUT2D eigenvalue weighted by Crippen LogP contribution is -1.98. The standard InChI is InChI=1S/C10H15N.CH4/c1-6-7(2)9(4)11-10(5)8(6)3;/h1-5H3;1H4. The monoisotopic (exact) mass is 165 g/mol. The molecule has 0 fully saturated rings. The Balaban J connectivity index is 0.00000121. The van der Waals surface area contributed by atoms with Crippen molar-refractivity contribution in [2.24, 2.45) is 0 Å². The average molecular weight is 165 g/mol. The second-order valence-corrected chi connectivity index (χ2v) is 3.16. The summed E-state index contributed by atoms with van der Waals surface area (Å²) in [6.45, 7) is 10.5. The van der Waals surface area contributed by atoms with Crippen LogP contribution in [0.2, 0.25) is 0 Å². The third-order valence-corrected chi connectivity index (χ3v) is 2.55. The van der Waals surface area contributed by atoms with E-state index in [4.69, 9.17) is 0 Å². The Labute approximate surface area is 75.8 Å². The average Bonchev–Trinajstić information content (AvgIpc) is 1.97. The summed E-state index contributed by atoms with van der Waals surface area (Å²) in [5.74, 6) is 0. The Morgan fingerprint density at radius 3 is 1.33 bits per heavy atom. The van der Waals surface area contributed by atoms with Crippen LogP contribution in [0.5, 0.6) is 0 Å². The lowest BCUT2D eigenvalue weighted by atomic mass is 10.0. The van der Waals surface area contributed by atoms with Crippen molar-refractivity contribution in [2.75, 3.05) is 0 Å². The Hall–Kier alpha value is -0.850. The van der Waals surface area contributed by atoms with Crippen LogP contribution in [-0.4, -0.2) is 4.98 Å². The first-order valence-electron chi connectivity index (χ1n) is 3.95. The first kappa shape index (κ1) is 11.2. The minimum Gasteiger partial charge on any atom is -0.258 e. The molecule has 0 N–H and O–H groups in total. The lowest BCUT2D eigenvalue weighted by Gasteiger charge is -2.09. The summed E-state index contributed by atoms with van der Waals surface area (Å²) in [5, 5.41) is 0. The topological polar surface area (TPSA) is 12.9 Å². The molecule has 1 heterocycles. The summed E-state index contributed by atoms with van der Waals surface area (Å²) in [6.07, 6.45) is 0. The van der Waals surface area contributed by atoms with E-state index in [0.29, 0.717) is 0 Å². The highest BCUT2D eigenvalue weighted by Crippen LogP contribution is 2.16. The van der Waals surface area contributed by atoms with Crippen molar-refractivity contribution < 1.29 is 0 Å². The van der Waals surface area contributed by atoms with Crippen LogP contribution in [-0.2, 0) is 0 Å². The summed E-state index contributed by atoms with van der Waals surface area (Å²) in [7, 11) is 0. The second kappa shape index (κ2) is 3.70. The lowest BCUT2D eigenvalue weighted by molar-refractivity contribution is 1.03. The van der Waals surface area contributed by atoms with E-state index in [1.165, 1.54) is 16.7 Å². The van der Waals surface area contributed by atoms with Crippen LogP contribution in [0.25, 0.3) is 0 Å². The molecule has 0 saturated heterocycles. The minimum atomic E-state index is 0. The van der Waals surface area contributed by atoms with Crippen LogP contribution in [0.15, 0.2) is 0 Å². The summed E-state index contributed by atoms with van der Waals surface area (Å²) in [5.41, 5.74) is 6.35. The van der Waals surface area contributed by atoms with E-state index in [-0.39, 0.29) is 7.43 Å². The molecule has 1 aromatic rings. The van der Waals surface area contributed by atoms with Gasteiger partial charge in [-0.3, -0.25) is 4.98 Å². The van der Waals surface area contributed by atoms with Crippen LogP contribution in [0, 0.1) is 34.6 Å². The number of aryl methyl sites for hydroxylation is 2. The van der Waals surface area contributed by atoms with E-state index in [1.807, 2.05) is 0 Å². The number of pyridine rings is 1. The molecule has 0 aliphatic carbocycles. The highest BCUT2D eigenvalue weighted by Gasteiger charge is 2.03. The van der Waals surface area contributed by atoms with Gasteiger partial charge in [0.05, 0.1) is 0 Å². The molecule has 0 saturated carbocycles. The Kier molecular flexibility index (Phi) is 3.44. The van der Waals surface area contributed by atoms with E-state index >= 15 is 0 Å². The quantitative estimate of drug-likeness (QED) is 0.575. The van der Waals surface area contributed by atoms with Gasteiger partial charge in [0.1, 0.15) is 0 Å². The van der Waals surface area contributed by atoms with Gasteiger partial charge in [-0.25, -0.2) is 0 Å². The predicted molar refractivity (Wildman–Crippen MR) is 54.7 cm³/mol. The van der Waals surface area contributed by atoms with Gasteiger partial charge in [-0.1, -0.05) is 7.43 Å². The van der Waals surface area contributed by atoms with Crippen LogP contribution in [0.1, 0.15) is 35.5 Å². The molecule has 0 radical (unpaired) electrons. The molecule has 0 aromatic carbocycles. The molecule has 0 amide bonds. The normalized spacial score (nSPS) is 9.42. The van der Waals surface area contributed by atoms with Gasteiger partial charge in [0, 0.05) is 11.4 Å². The Morgan fingerprint density at radius 1 is 0.667 bits per heavy atom. The van der Waals surface area contributed by atoms with Crippen molar-refractivity contribution in [3.8, 4) is 0 Å². The maximum atomic E-state index is 4.43. The van der Waals surface area contributed by atoms with Crippen molar-refractivity contribution >= 4 is 0 Å². The van der Waals surface area contributed by atoms with Gasteiger partial charge in [-0.05, 0) is 51.3 Å². The van der Waals surface area contributed by atoms with Crippen molar-refractivity contribution in [1.82, 2.24) is 4.98 Å². The van der Waals surface area contributed by atoms with Gasteiger partial charge < -0.3 is 0 Å². The van der Waals surface area contributed by atoms with Gasteiger partial charge in [0.25, 0.3) is 0 Å². The molecule has 0 atom stereocenters. The first-order chi connectivity index (χ1) is 5.04. The highest BCUT2D eigenvalue weighted by molar-refractivity contribution is 5.36. The zero-order valence-electron chi connectivity index (χ0n) is 7.95. The predicted octanol–water partition coefficient (Wildman–Crippen LogP) is 3.26. The summed E-state index contributed by atoms with van der Waals surface area (Å²) in [4.78, 5) is 4.43. The summed E-state index contributed by atoms with van der Waals surface area (Å²) >= 11 is 0.